The van der Waals surface area contributed by atoms with Crippen LogP contribution in [-0.4, -0.2) is 0 Å². The van der Waals surface area contributed by atoms with Gasteiger partial charge in [-0.2, -0.15) is 0 Å². The van der Waals surface area contributed by atoms with E-state index in [4.69, 9.17) is 10.2 Å². The van der Waals surface area contributed by atoms with Crippen LogP contribution in [0.4, 0.5) is 0 Å². The topological polar surface area (TPSA) is 51.2 Å². The average Bonchev–Trinajstić information content (AvgIpc) is 0.811. The summed E-state index contributed by atoms with van der Waals surface area (Å²) in [5.74, 6) is 0. The molecule has 0 aromatic rings. The van der Waals surface area contributed by atoms with Gasteiger partial charge in [-0.25, -0.2) is 0 Å². The molecule has 0 fully saturated rings. The zero-order valence-electron chi connectivity index (χ0n) is 2.63. The summed E-state index contributed by atoms with van der Waals surface area (Å²) in [6, 6.07) is 0. The molecule has 0 aliphatic rings. The predicted octanol–water partition coefficient (Wildman–Crippen LogP) is -0.246. The van der Waals surface area contributed by atoms with E-state index in [0.29, 0.717) is 0 Å². The normalized spacial score (nSPS) is 6.00. The third-order valence-corrected chi connectivity index (χ3v) is 0. The molecular weight excluding hydrogens is 232 g/mol. The molecule has 0 spiro atoms. The van der Waals surface area contributed by atoms with Gasteiger partial charge in [-0.05, 0) is 0 Å². The van der Waals surface area contributed by atoms with Gasteiger partial charge >= 0.3 is 28.8 Å². The molecule has 4 heteroatoms. The molecule has 3 nitrogen and oxygen atoms in total. The van der Waals surface area contributed by atoms with Gasteiger partial charge in [-0.15, -0.1) is 0 Å². The molecule has 0 amide bonds. The molecule has 0 aliphatic carbocycles. The Balaban J connectivity index is 0. The first-order valence-electron chi connectivity index (χ1n) is 0.500. The van der Waals surface area contributed by atoms with E-state index < -0.39 is 17.2 Å². The molecular formula is HO3W+. The summed E-state index contributed by atoms with van der Waals surface area (Å²) in [6.07, 6.45) is 0. The standard InChI is InChI=1S/3O.W/p+1. The molecule has 0 aromatic carbocycles. The van der Waals surface area contributed by atoms with Crippen molar-refractivity contribution in [3.05, 3.63) is 0 Å². The van der Waals surface area contributed by atoms with Crippen LogP contribution in [0.3, 0.4) is 0 Å². The van der Waals surface area contributed by atoms with Crippen molar-refractivity contribution in [3.8, 4) is 0 Å². The van der Waals surface area contributed by atoms with E-state index in [9.17, 15) is 0 Å². The summed E-state index contributed by atoms with van der Waals surface area (Å²) in [5.41, 5.74) is 0. The summed E-state index contributed by atoms with van der Waals surface area (Å²) in [4.78, 5) is 0. The van der Waals surface area contributed by atoms with E-state index >= 15 is 0 Å². The number of hydrogen-bond acceptors (Lipinski definition) is 3. The van der Waals surface area contributed by atoms with Crippen LogP contribution in [0, 0.1) is 0 Å². The molecule has 0 rings (SSSR count). The van der Waals surface area contributed by atoms with Crippen LogP contribution in [0.2, 0.25) is 0 Å². The summed E-state index contributed by atoms with van der Waals surface area (Å²) >= 11 is -4.28. The van der Waals surface area contributed by atoms with E-state index in [-0.39, 0.29) is 1.43 Å². The first-order valence-corrected chi connectivity index (χ1v) is 4.09. The fraction of sp³-hybridized carbons (Fsp3) is 0. The van der Waals surface area contributed by atoms with Crippen LogP contribution in [-0.2, 0) is 27.4 Å². The summed E-state index contributed by atoms with van der Waals surface area (Å²) in [6.45, 7) is 0. The second-order valence-electron chi connectivity index (χ2n) is 0.204. The Hall–Kier alpha value is 0.0883. The van der Waals surface area contributed by atoms with E-state index in [1.165, 1.54) is 0 Å². The first-order chi connectivity index (χ1) is 1.73. The molecule has 0 saturated heterocycles. The van der Waals surface area contributed by atoms with Crippen molar-refractivity contribution >= 4 is 0 Å². The third-order valence-electron chi connectivity index (χ3n) is 0. The summed E-state index contributed by atoms with van der Waals surface area (Å²) < 4.78 is 25.8. The molecule has 0 heterocycles. The second kappa shape index (κ2) is 1.41. The van der Waals surface area contributed by atoms with Crippen molar-refractivity contribution < 1.29 is 28.8 Å². The number of hydrogen-bond donors (Lipinski definition) is 0. The molecule has 0 unspecified atom stereocenters. The van der Waals surface area contributed by atoms with Gasteiger partial charge in [0, 0.05) is 0 Å². The Morgan fingerprint density at radius 2 is 1.25 bits per heavy atom. The van der Waals surface area contributed by atoms with Crippen LogP contribution >= 0.6 is 0 Å². The minimum atomic E-state index is -4.28. The van der Waals surface area contributed by atoms with Crippen LogP contribution in [0.1, 0.15) is 1.43 Å². The van der Waals surface area contributed by atoms with Crippen molar-refractivity contribution in [1.82, 2.24) is 0 Å². The monoisotopic (exact) mass is 233 g/mol. The van der Waals surface area contributed by atoms with Gasteiger partial charge in [0.05, 0.1) is 0 Å². The van der Waals surface area contributed by atoms with Crippen LogP contribution in [0.25, 0.3) is 0 Å². The SMILES string of the molecule is [H+].[O]=[W](=[O])=[O]. The van der Waals surface area contributed by atoms with Gasteiger partial charge in [0.25, 0.3) is 0 Å². The fourth-order valence-electron chi connectivity index (χ4n) is 0. The van der Waals surface area contributed by atoms with E-state index in [1.54, 1.807) is 0 Å². The maximum absolute atomic E-state index is 8.61. The minimum absolute atomic E-state index is 0. The molecule has 4 heavy (non-hydrogen) atoms. The zero-order chi connectivity index (χ0) is 3.58. The van der Waals surface area contributed by atoms with Gasteiger partial charge in [0.15, 0.2) is 0 Å². The summed E-state index contributed by atoms with van der Waals surface area (Å²) in [5, 5.41) is 0. The molecule has 0 aliphatic heterocycles. The van der Waals surface area contributed by atoms with E-state index in [1.807, 2.05) is 0 Å². The Labute approximate surface area is 29.6 Å². The molecule has 0 saturated carbocycles. The van der Waals surface area contributed by atoms with E-state index in [2.05, 4.69) is 0 Å². The van der Waals surface area contributed by atoms with E-state index in [0.717, 1.165) is 0 Å². The molecule has 0 bridgehead atoms. The van der Waals surface area contributed by atoms with Gasteiger partial charge in [-0.3, -0.25) is 0 Å². The molecule has 0 atom stereocenters. The first kappa shape index (κ1) is 4.09. The third kappa shape index (κ3) is 317. The van der Waals surface area contributed by atoms with Crippen LogP contribution in [0.5, 0.6) is 0 Å². The van der Waals surface area contributed by atoms with Crippen LogP contribution < -0.4 is 0 Å². The van der Waals surface area contributed by atoms with Crippen molar-refractivity contribution in [2.75, 3.05) is 0 Å². The Morgan fingerprint density at radius 1 is 1.25 bits per heavy atom. The van der Waals surface area contributed by atoms with Crippen molar-refractivity contribution in [3.63, 3.8) is 0 Å². The van der Waals surface area contributed by atoms with Gasteiger partial charge < -0.3 is 0 Å². The fourth-order valence-corrected chi connectivity index (χ4v) is 0. The average molecular weight is 233 g/mol. The van der Waals surface area contributed by atoms with Crippen molar-refractivity contribution in [2.24, 2.45) is 0 Å². The van der Waals surface area contributed by atoms with Gasteiger partial charge in [0.2, 0.25) is 0 Å². The van der Waals surface area contributed by atoms with Crippen LogP contribution in [0.15, 0.2) is 0 Å². The Morgan fingerprint density at radius 3 is 1.25 bits per heavy atom. The Bertz CT molecular complexity index is 76.3. The summed E-state index contributed by atoms with van der Waals surface area (Å²) in [7, 11) is 0. The molecule has 0 aromatic heterocycles. The maximum atomic E-state index is 8.61. The molecule has 0 N–H and O–H groups in total. The molecule has 0 radical (unpaired) electrons. The number of rotatable bonds is 0. The molecule has 24 valence electrons. The van der Waals surface area contributed by atoms with Gasteiger partial charge in [-0.1, -0.05) is 0 Å². The predicted molar refractivity (Wildman–Crippen MR) is 3.17 cm³/mol. The Kier molecular flexibility index (Phi) is 1.44. The second-order valence-corrected chi connectivity index (χ2v) is 1.67. The zero-order valence-corrected chi connectivity index (χ0v) is 4.57. The van der Waals surface area contributed by atoms with Crippen molar-refractivity contribution in [2.45, 2.75) is 0 Å². The van der Waals surface area contributed by atoms with Gasteiger partial charge in [0.1, 0.15) is 0 Å². The quantitative estimate of drug-likeness (QED) is 0.579. The van der Waals surface area contributed by atoms with Crippen molar-refractivity contribution in [1.29, 1.82) is 0 Å².